The van der Waals surface area contributed by atoms with Gasteiger partial charge in [0.25, 0.3) is 5.91 Å². The standard InChI is InChI=1S/C29H28BrN5O3/c1-17-9-11-20(12-10-17)15-38-27-22(30)13-21(14-24(27)37-4)26-25(19(3)33-29-31-16-32-35(26)29)28(36)34-23-8-6-5-7-18(23)2/h5-14,16,26H,15H2,1-4H3,(H,34,36)(H,31,32,33). The molecule has 2 heterocycles. The van der Waals surface area contributed by atoms with Gasteiger partial charge in [0.05, 0.1) is 17.2 Å². The van der Waals surface area contributed by atoms with Crippen LogP contribution in [0.2, 0.25) is 0 Å². The highest BCUT2D eigenvalue weighted by atomic mass is 79.9. The number of amides is 1. The molecule has 0 radical (unpaired) electrons. The third-order valence-corrected chi connectivity index (χ3v) is 7.09. The maximum absolute atomic E-state index is 13.7. The Balaban J connectivity index is 1.51. The molecule has 1 atom stereocenters. The maximum Gasteiger partial charge on any atom is 0.255 e. The van der Waals surface area contributed by atoms with Gasteiger partial charge >= 0.3 is 0 Å². The number of rotatable bonds is 7. The van der Waals surface area contributed by atoms with Gasteiger partial charge in [-0.05, 0) is 71.6 Å². The van der Waals surface area contributed by atoms with Gasteiger partial charge in [-0.2, -0.15) is 10.1 Å². The van der Waals surface area contributed by atoms with Crippen LogP contribution in [0, 0.1) is 13.8 Å². The van der Waals surface area contributed by atoms with Crippen molar-refractivity contribution in [2.75, 3.05) is 17.7 Å². The second-order valence-electron chi connectivity index (χ2n) is 9.17. The van der Waals surface area contributed by atoms with Crippen molar-refractivity contribution in [1.29, 1.82) is 0 Å². The molecule has 0 spiro atoms. The van der Waals surface area contributed by atoms with Gasteiger partial charge in [-0.15, -0.1) is 0 Å². The maximum atomic E-state index is 13.7. The van der Waals surface area contributed by atoms with E-state index < -0.39 is 6.04 Å². The number of anilines is 2. The molecular weight excluding hydrogens is 546 g/mol. The van der Waals surface area contributed by atoms with Gasteiger partial charge in [0.15, 0.2) is 11.5 Å². The minimum absolute atomic E-state index is 0.231. The number of methoxy groups -OCH3 is 1. The van der Waals surface area contributed by atoms with Crippen LogP contribution in [0.3, 0.4) is 0 Å². The summed E-state index contributed by atoms with van der Waals surface area (Å²) in [4.78, 5) is 18.0. The summed E-state index contributed by atoms with van der Waals surface area (Å²) in [6.45, 7) is 6.26. The normalized spacial score (nSPS) is 14.5. The average Bonchev–Trinajstić information content (AvgIpc) is 3.37. The van der Waals surface area contributed by atoms with Crippen molar-refractivity contribution in [3.8, 4) is 11.5 Å². The molecule has 0 fully saturated rings. The van der Waals surface area contributed by atoms with Gasteiger partial charge in [-0.3, -0.25) is 4.79 Å². The van der Waals surface area contributed by atoms with Crippen LogP contribution in [0.15, 0.2) is 82.7 Å². The second-order valence-corrected chi connectivity index (χ2v) is 10.0. The smallest absolute Gasteiger partial charge is 0.255 e. The van der Waals surface area contributed by atoms with Crippen LogP contribution in [-0.4, -0.2) is 27.8 Å². The lowest BCUT2D eigenvalue weighted by Gasteiger charge is -2.29. The Bertz CT molecular complexity index is 1530. The molecule has 4 aromatic rings. The number of benzene rings is 3. The van der Waals surface area contributed by atoms with E-state index in [1.807, 2.05) is 62.4 Å². The highest BCUT2D eigenvalue weighted by Crippen LogP contribution is 2.43. The first kappa shape index (κ1) is 25.5. The number of carbonyl (C=O) groups excluding carboxylic acids is 1. The Kier molecular flexibility index (Phi) is 7.20. The van der Waals surface area contributed by atoms with Crippen molar-refractivity contribution >= 4 is 33.5 Å². The zero-order chi connectivity index (χ0) is 26.8. The highest BCUT2D eigenvalue weighted by Gasteiger charge is 2.34. The van der Waals surface area contributed by atoms with Crippen molar-refractivity contribution < 1.29 is 14.3 Å². The van der Waals surface area contributed by atoms with Crippen molar-refractivity contribution in [2.45, 2.75) is 33.4 Å². The van der Waals surface area contributed by atoms with E-state index >= 15 is 0 Å². The molecule has 1 aliphatic rings. The molecule has 1 aromatic heterocycles. The van der Waals surface area contributed by atoms with Crippen LogP contribution in [0.1, 0.15) is 35.2 Å². The number of fused-ring (bicyclic) bond motifs is 1. The Labute approximate surface area is 229 Å². The van der Waals surface area contributed by atoms with E-state index in [1.165, 1.54) is 11.9 Å². The number of hydrogen-bond donors (Lipinski definition) is 2. The number of aromatic nitrogens is 3. The molecule has 1 unspecified atom stereocenters. The summed E-state index contributed by atoms with van der Waals surface area (Å²) < 4.78 is 14.3. The van der Waals surface area contributed by atoms with Crippen LogP contribution in [0.4, 0.5) is 11.6 Å². The molecular formula is C29H28BrN5O3. The van der Waals surface area contributed by atoms with E-state index in [2.05, 4.69) is 55.7 Å². The summed E-state index contributed by atoms with van der Waals surface area (Å²) >= 11 is 3.67. The molecule has 1 aliphatic heterocycles. The van der Waals surface area contributed by atoms with Crippen LogP contribution in [0.25, 0.3) is 0 Å². The van der Waals surface area contributed by atoms with E-state index in [1.54, 1.807) is 11.8 Å². The van der Waals surface area contributed by atoms with Crippen molar-refractivity contribution in [1.82, 2.24) is 14.8 Å². The summed E-state index contributed by atoms with van der Waals surface area (Å²) in [7, 11) is 1.60. The third-order valence-electron chi connectivity index (χ3n) is 6.50. The van der Waals surface area contributed by atoms with Crippen LogP contribution < -0.4 is 20.1 Å². The molecule has 0 aliphatic carbocycles. The number of nitrogens with zero attached hydrogens (tertiary/aromatic N) is 3. The topological polar surface area (TPSA) is 90.3 Å². The van der Waals surface area contributed by atoms with Crippen LogP contribution >= 0.6 is 15.9 Å². The van der Waals surface area contributed by atoms with E-state index in [0.717, 1.165) is 22.4 Å². The Morgan fingerprint density at radius 1 is 1.11 bits per heavy atom. The van der Waals surface area contributed by atoms with Crippen molar-refractivity contribution in [3.63, 3.8) is 0 Å². The summed E-state index contributed by atoms with van der Waals surface area (Å²) in [6.07, 6.45) is 1.47. The number of nitrogens with one attached hydrogen (secondary N) is 2. The number of carbonyl (C=O) groups is 1. The molecule has 5 rings (SSSR count). The predicted octanol–water partition coefficient (Wildman–Crippen LogP) is 6.17. The van der Waals surface area contributed by atoms with E-state index in [0.29, 0.717) is 39.8 Å². The first-order valence-corrected chi connectivity index (χ1v) is 12.9. The number of hydrogen-bond acceptors (Lipinski definition) is 6. The first-order valence-electron chi connectivity index (χ1n) is 12.2. The summed E-state index contributed by atoms with van der Waals surface area (Å²) in [5.41, 5.74) is 5.97. The molecule has 38 heavy (non-hydrogen) atoms. The summed E-state index contributed by atoms with van der Waals surface area (Å²) in [5, 5.41) is 10.7. The van der Waals surface area contributed by atoms with E-state index in [9.17, 15) is 4.79 Å². The van der Waals surface area contributed by atoms with E-state index in [-0.39, 0.29) is 5.91 Å². The zero-order valence-corrected chi connectivity index (χ0v) is 23.2. The number of para-hydroxylation sites is 1. The lowest BCUT2D eigenvalue weighted by Crippen LogP contribution is -2.31. The summed E-state index contributed by atoms with van der Waals surface area (Å²) in [5.74, 6) is 1.44. The number of halogens is 1. The molecule has 1 amide bonds. The number of allylic oxidation sites excluding steroid dienone is 1. The molecule has 9 heteroatoms. The molecule has 8 nitrogen and oxygen atoms in total. The highest BCUT2D eigenvalue weighted by molar-refractivity contribution is 9.10. The Morgan fingerprint density at radius 3 is 2.61 bits per heavy atom. The van der Waals surface area contributed by atoms with Crippen molar-refractivity contribution in [3.05, 3.63) is 105 Å². The zero-order valence-electron chi connectivity index (χ0n) is 21.6. The predicted molar refractivity (Wildman–Crippen MR) is 150 cm³/mol. The van der Waals surface area contributed by atoms with Crippen molar-refractivity contribution in [2.24, 2.45) is 0 Å². The fraction of sp³-hybridized carbons (Fsp3) is 0.207. The quantitative estimate of drug-likeness (QED) is 0.274. The summed E-state index contributed by atoms with van der Waals surface area (Å²) in [6, 6.07) is 19.1. The van der Waals surface area contributed by atoms with Gasteiger partial charge in [0.2, 0.25) is 5.95 Å². The van der Waals surface area contributed by atoms with Gasteiger partial charge in [0.1, 0.15) is 19.0 Å². The van der Waals surface area contributed by atoms with Gasteiger partial charge < -0.3 is 20.1 Å². The molecule has 0 saturated carbocycles. The monoisotopic (exact) mass is 573 g/mol. The number of aryl methyl sites for hydroxylation is 2. The largest absolute Gasteiger partial charge is 0.493 e. The lowest BCUT2D eigenvalue weighted by molar-refractivity contribution is -0.113. The fourth-order valence-electron chi connectivity index (χ4n) is 4.47. The van der Waals surface area contributed by atoms with Gasteiger partial charge in [0, 0.05) is 11.4 Å². The molecule has 0 saturated heterocycles. The van der Waals surface area contributed by atoms with Crippen LogP contribution in [-0.2, 0) is 11.4 Å². The third kappa shape index (κ3) is 5.02. The average molecular weight is 574 g/mol. The Morgan fingerprint density at radius 2 is 1.87 bits per heavy atom. The molecule has 3 aromatic carbocycles. The van der Waals surface area contributed by atoms with Gasteiger partial charge in [-0.25, -0.2) is 4.68 Å². The Hall–Kier alpha value is -4.11. The second kappa shape index (κ2) is 10.7. The minimum Gasteiger partial charge on any atom is -0.493 e. The fourth-order valence-corrected chi connectivity index (χ4v) is 5.05. The number of ether oxygens (including phenoxy) is 2. The lowest BCUT2D eigenvalue weighted by atomic mass is 9.94. The van der Waals surface area contributed by atoms with Crippen LogP contribution in [0.5, 0.6) is 11.5 Å². The van der Waals surface area contributed by atoms with E-state index in [4.69, 9.17) is 9.47 Å². The minimum atomic E-state index is -0.547. The molecule has 2 N–H and O–H groups in total. The molecule has 0 bridgehead atoms. The first-order chi connectivity index (χ1) is 18.4. The molecule has 194 valence electrons. The SMILES string of the molecule is COc1cc(C2C(C(=O)Nc3ccccc3C)=C(C)Nc3ncnn32)cc(Br)c1OCc1ccc(C)cc1. The van der Waals surface area contributed by atoms with Gasteiger partial charge in [-0.1, -0.05) is 48.0 Å².